The van der Waals surface area contributed by atoms with Crippen LogP contribution in [-0.2, 0) is 15.1 Å². The largest absolute Gasteiger partial charge is 0.455 e. The summed E-state index contributed by atoms with van der Waals surface area (Å²) in [6.45, 7) is 0. The molecule has 0 saturated heterocycles. The van der Waals surface area contributed by atoms with Crippen molar-refractivity contribution in [3.63, 3.8) is 0 Å². The first-order valence-electron chi connectivity index (χ1n) is 9.31. The minimum Gasteiger partial charge on any atom is -0.455 e. The third-order valence-electron chi connectivity index (χ3n) is 4.85. The predicted molar refractivity (Wildman–Crippen MR) is 111 cm³/mol. The lowest BCUT2D eigenvalue weighted by molar-refractivity contribution is -0.817. The van der Waals surface area contributed by atoms with Crippen LogP contribution < -0.4 is 0 Å². The van der Waals surface area contributed by atoms with Gasteiger partial charge in [-0.25, -0.2) is 4.79 Å². The van der Waals surface area contributed by atoms with E-state index in [1.54, 1.807) is 12.1 Å². The molecular formula is C21H28NO3S2+. The van der Waals surface area contributed by atoms with Crippen molar-refractivity contribution in [3.8, 4) is 0 Å². The average molecular weight is 407 g/mol. The molecule has 1 atom stereocenters. The molecule has 2 aromatic rings. The molecule has 27 heavy (non-hydrogen) atoms. The highest BCUT2D eigenvalue weighted by Crippen LogP contribution is 2.38. The standard InChI is InChI=1S/C21H28NO3S2/c1-22(2,3)12-11-17(15-16-7-4-8-16)25-20(23)21(24,18-9-5-13-26-18)19-10-6-14-27-19/h5-6,9-14,16-17,24H,4,7-8,15H2,1-3H3/q+1/b12-11+. The van der Waals surface area contributed by atoms with E-state index in [0.717, 1.165) is 6.42 Å². The number of rotatable bonds is 8. The fourth-order valence-corrected chi connectivity index (χ4v) is 4.81. The third-order valence-corrected chi connectivity index (χ3v) is 6.80. The van der Waals surface area contributed by atoms with Gasteiger partial charge in [-0.1, -0.05) is 31.4 Å². The van der Waals surface area contributed by atoms with Crippen LogP contribution in [0.25, 0.3) is 0 Å². The number of ether oxygens (including phenoxy) is 1. The summed E-state index contributed by atoms with van der Waals surface area (Å²) in [7, 11) is 6.19. The molecule has 4 nitrogen and oxygen atoms in total. The highest BCUT2D eigenvalue weighted by atomic mass is 32.1. The number of hydrogen-bond donors (Lipinski definition) is 1. The normalized spacial score (nSPS) is 17.0. The van der Waals surface area contributed by atoms with Crippen molar-refractivity contribution in [3.05, 3.63) is 57.1 Å². The zero-order valence-electron chi connectivity index (χ0n) is 16.1. The van der Waals surface area contributed by atoms with E-state index in [-0.39, 0.29) is 6.10 Å². The molecule has 1 aliphatic rings. The van der Waals surface area contributed by atoms with E-state index in [1.165, 1.54) is 41.9 Å². The minimum absolute atomic E-state index is 0.327. The number of quaternary nitrogens is 1. The first kappa shape index (κ1) is 20.3. The van der Waals surface area contributed by atoms with Gasteiger partial charge in [0.25, 0.3) is 0 Å². The highest BCUT2D eigenvalue weighted by Gasteiger charge is 2.44. The second-order valence-corrected chi connectivity index (χ2v) is 9.99. The highest BCUT2D eigenvalue weighted by molar-refractivity contribution is 7.12. The molecule has 0 aliphatic heterocycles. The van der Waals surface area contributed by atoms with Gasteiger partial charge in [0.2, 0.25) is 5.60 Å². The van der Waals surface area contributed by atoms with Gasteiger partial charge in [-0.05, 0) is 35.2 Å². The van der Waals surface area contributed by atoms with E-state index in [1.807, 2.05) is 35.2 Å². The number of nitrogens with zero attached hydrogens (tertiary/aromatic N) is 1. The van der Waals surface area contributed by atoms with Gasteiger partial charge in [-0.15, -0.1) is 22.7 Å². The summed E-state index contributed by atoms with van der Waals surface area (Å²) in [5.41, 5.74) is -1.75. The molecule has 1 saturated carbocycles. The minimum atomic E-state index is -1.75. The number of esters is 1. The van der Waals surface area contributed by atoms with Crippen LogP contribution in [0.2, 0.25) is 0 Å². The van der Waals surface area contributed by atoms with E-state index < -0.39 is 11.6 Å². The zero-order valence-corrected chi connectivity index (χ0v) is 17.8. The summed E-state index contributed by atoms with van der Waals surface area (Å²) in [6.07, 6.45) is 8.11. The zero-order chi connectivity index (χ0) is 19.5. The molecule has 0 radical (unpaired) electrons. The van der Waals surface area contributed by atoms with Gasteiger partial charge in [0.1, 0.15) is 6.10 Å². The number of aliphatic hydroxyl groups is 1. The fraction of sp³-hybridized carbons (Fsp3) is 0.476. The first-order valence-corrected chi connectivity index (χ1v) is 11.1. The van der Waals surface area contributed by atoms with Crippen molar-refractivity contribution in [2.45, 2.75) is 37.4 Å². The molecule has 0 bridgehead atoms. The van der Waals surface area contributed by atoms with Crippen LogP contribution in [0.4, 0.5) is 0 Å². The first-order chi connectivity index (χ1) is 12.8. The van der Waals surface area contributed by atoms with Crippen LogP contribution in [0.15, 0.2) is 47.3 Å². The van der Waals surface area contributed by atoms with E-state index >= 15 is 0 Å². The molecule has 1 aliphatic carbocycles. The third kappa shape index (κ3) is 4.88. The monoisotopic (exact) mass is 406 g/mol. The molecular weight excluding hydrogens is 378 g/mol. The van der Waals surface area contributed by atoms with E-state index in [2.05, 4.69) is 21.1 Å². The maximum Gasteiger partial charge on any atom is 0.350 e. The summed E-state index contributed by atoms with van der Waals surface area (Å²) in [5.74, 6) is -0.000676. The van der Waals surface area contributed by atoms with Crippen molar-refractivity contribution in [2.24, 2.45) is 5.92 Å². The van der Waals surface area contributed by atoms with E-state index in [4.69, 9.17) is 4.74 Å². The molecule has 2 aromatic heterocycles. The Kier molecular flexibility index (Phi) is 6.21. The molecule has 1 fully saturated rings. The van der Waals surface area contributed by atoms with E-state index in [9.17, 15) is 9.90 Å². The quantitative estimate of drug-likeness (QED) is 0.523. The number of carbonyl (C=O) groups excluding carboxylic acids is 1. The number of carbonyl (C=O) groups is 1. The van der Waals surface area contributed by atoms with Crippen molar-refractivity contribution < 1.29 is 19.1 Å². The van der Waals surface area contributed by atoms with Crippen molar-refractivity contribution in [1.82, 2.24) is 0 Å². The Hall–Kier alpha value is -1.47. The summed E-state index contributed by atoms with van der Waals surface area (Å²) in [6, 6.07) is 7.26. The number of hydrogen-bond acceptors (Lipinski definition) is 5. The Bertz CT molecular complexity index is 722. The van der Waals surface area contributed by atoms with Gasteiger partial charge < -0.3 is 14.3 Å². The summed E-state index contributed by atoms with van der Waals surface area (Å²) in [5, 5.41) is 15.1. The number of thiophene rings is 2. The SMILES string of the molecule is C[N+](C)(C)/C=C/C(CC1CCC1)OC(=O)C(O)(c1cccs1)c1cccs1. The lowest BCUT2D eigenvalue weighted by Crippen LogP contribution is -2.39. The lowest BCUT2D eigenvalue weighted by Gasteiger charge is -2.31. The molecule has 0 aromatic carbocycles. The molecule has 0 amide bonds. The van der Waals surface area contributed by atoms with Crippen LogP contribution in [0.3, 0.4) is 0 Å². The van der Waals surface area contributed by atoms with Crippen molar-refractivity contribution >= 4 is 28.6 Å². The molecule has 1 unspecified atom stereocenters. The van der Waals surface area contributed by atoms with Crippen LogP contribution in [-0.4, -0.2) is 42.8 Å². The summed E-state index contributed by atoms with van der Waals surface area (Å²) < 4.78 is 6.54. The summed E-state index contributed by atoms with van der Waals surface area (Å²) in [4.78, 5) is 14.4. The molecule has 6 heteroatoms. The Morgan fingerprint density at radius 2 is 1.85 bits per heavy atom. The van der Waals surface area contributed by atoms with Crippen LogP contribution in [0.5, 0.6) is 0 Å². The topological polar surface area (TPSA) is 46.5 Å². The maximum absolute atomic E-state index is 13.2. The smallest absolute Gasteiger partial charge is 0.350 e. The van der Waals surface area contributed by atoms with Crippen molar-refractivity contribution in [2.75, 3.05) is 21.1 Å². The predicted octanol–water partition coefficient (Wildman–Crippen LogP) is 4.37. The van der Waals surface area contributed by atoms with Gasteiger partial charge >= 0.3 is 5.97 Å². The second kappa shape index (κ2) is 8.27. The van der Waals surface area contributed by atoms with Gasteiger partial charge in [0.15, 0.2) is 0 Å². The molecule has 3 rings (SSSR count). The Labute approximate surface area is 169 Å². The lowest BCUT2D eigenvalue weighted by atomic mass is 9.81. The molecule has 146 valence electrons. The van der Waals surface area contributed by atoms with Crippen LogP contribution in [0, 0.1) is 5.92 Å². The Balaban J connectivity index is 1.84. The van der Waals surface area contributed by atoms with Crippen LogP contribution in [0.1, 0.15) is 35.4 Å². The fourth-order valence-electron chi connectivity index (χ4n) is 3.09. The van der Waals surface area contributed by atoms with Gasteiger partial charge in [-0.3, -0.25) is 0 Å². The average Bonchev–Trinajstić information content (AvgIpc) is 3.27. The molecule has 2 heterocycles. The van der Waals surface area contributed by atoms with E-state index in [0.29, 0.717) is 20.2 Å². The maximum atomic E-state index is 13.2. The van der Waals surface area contributed by atoms with Gasteiger partial charge in [-0.2, -0.15) is 0 Å². The molecule has 1 N–H and O–H groups in total. The Morgan fingerprint density at radius 3 is 2.26 bits per heavy atom. The molecule has 0 spiro atoms. The van der Waals surface area contributed by atoms with Crippen LogP contribution >= 0.6 is 22.7 Å². The Morgan fingerprint density at radius 1 is 1.26 bits per heavy atom. The van der Waals surface area contributed by atoms with Crippen molar-refractivity contribution in [1.29, 1.82) is 0 Å². The van der Waals surface area contributed by atoms with Gasteiger partial charge in [0, 0.05) is 6.08 Å². The summed E-state index contributed by atoms with van der Waals surface area (Å²) >= 11 is 2.73. The second-order valence-electron chi connectivity index (χ2n) is 8.10. The van der Waals surface area contributed by atoms with Gasteiger partial charge in [0.05, 0.1) is 37.1 Å².